The number of hydrogen-bond acceptors (Lipinski definition) is 4. The molecule has 180 valence electrons. The van der Waals surface area contributed by atoms with Gasteiger partial charge in [-0.05, 0) is 88.2 Å². The zero-order valence-electron chi connectivity index (χ0n) is 20.6. The van der Waals surface area contributed by atoms with Crippen LogP contribution in [0.5, 0.6) is 0 Å². The van der Waals surface area contributed by atoms with Crippen LogP contribution in [0.15, 0.2) is 23.1 Å². The van der Waals surface area contributed by atoms with E-state index in [9.17, 15) is 14.9 Å². The molecular weight excluding hydrogens is 424 g/mol. The number of carbonyl (C=O) groups is 1. The van der Waals surface area contributed by atoms with Gasteiger partial charge in [0.25, 0.3) is 5.56 Å². The minimum atomic E-state index is -0.145. The molecule has 5 rings (SSSR count). The predicted octanol–water partition coefficient (Wildman–Crippen LogP) is 4.74. The van der Waals surface area contributed by atoms with Gasteiger partial charge < -0.3 is 9.88 Å². The lowest BCUT2D eigenvalue weighted by Gasteiger charge is -2.37. The van der Waals surface area contributed by atoms with Crippen molar-refractivity contribution in [2.75, 3.05) is 0 Å². The van der Waals surface area contributed by atoms with Gasteiger partial charge in [-0.2, -0.15) is 5.26 Å². The number of hydrogen-bond donors (Lipinski definition) is 1. The Morgan fingerprint density at radius 3 is 2.74 bits per heavy atom. The minimum Gasteiger partial charge on any atom is -0.353 e. The van der Waals surface area contributed by atoms with Crippen LogP contribution in [0.25, 0.3) is 10.9 Å². The van der Waals surface area contributed by atoms with Crippen molar-refractivity contribution in [2.24, 2.45) is 30.2 Å². The van der Waals surface area contributed by atoms with Crippen LogP contribution in [0, 0.1) is 41.4 Å². The van der Waals surface area contributed by atoms with Crippen LogP contribution in [-0.4, -0.2) is 21.5 Å². The normalized spacial score (nSPS) is 30.5. The maximum Gasteiger partial charge on any atom is 0.254 e. The highest BCUT2D eigenvalue weighted by molar-refractivity contribution is 5.80. The molecule has 0 radical (unpaired) electrons. The summed E-state index contributed by atoms with van der Waals surface area (Å²) in [5.41, 5.74) is 2.56. The smallest absolute Gasteiger partial charge is 0.254 e. The summed E-state index contributed by atoms with van der Waals surface area (Å²) in [7, 11) is 1.84. The van der Waals surface area contributed by atoms with Crippen molar-refractivity contribution in [1.29, 1.82) is 5.26 Å². The summed E-state index contributed by atoms with van der Waals surface area (Å²) in [6.45, 7) is 4.16. The number of rotatable bonds is 4. The molecule has 5 unspecified atom stereocenters. The molecule has 3 saturated carbocycles. The zero-order chi connectivity index (χ0) is 24.0. The molecule has 6 heteroatoms. The fraction of sp³-hybridized carbons (Fsp3) is 0.643. The Morgan fingerprint density at radius 2 is 2.00 bits per heavy atom. The Bertz CT molecular complexity index is 1210. The van der Waals surface area contributed by atoms with Crippen LogP contribution in [0.2, 0.25) is 0 Å². The van der Waals surface area contributed by atoms with E-state index in [1.165, 1.54) is 0 Å². The fourth-order valence-corrected chi connectivity index (χ4v) is 6.64. The van der Waals surface area contributed by atoms with Crippen LogP contribution < -0.4 is 10.9 Å². The Kier molecular flexibility index (Phi) is 6.00. The van der Waals surface area contributed by atoms with E-state index in [1.807, 2.05) is 32.3 Å². The second-order valence-corrected chi connectivity index (χ2v) is 11.3. The molecule has 0 aromatic carbocycles. The average Bonchev–Trinajstić information content (AvgIpc) is 3.65. The monoisotopic (exact) mass is 460 g/mol. The lowest BCUT2D eigenvalue weighted by molar-refractivity contribution is -0.127. The van der Waals surface area contributed by atoms with Crippen molar-refractivity contribution in [3.63, 3.8) is 0 Å². The number of aryl methyl sites for hydroxylation is 2. The van der Waals surface area contributed by atoms with E-state index in [2.05, 4.69) is 23.3 Å². The summed E-state index contributed by atoms with van der Waals surface area (Å²) in [5, 5.41) is 13.9. The molecule has 3 fully saturated rings. The lowest BCUT2D eigenvalue weighted by atomic mass is 9.72. The third-order valence-corrected chi connectivity index (χ3v) is 9.05. The summed E-state index contributed by atoms with van der Waals surface area (Å²) >= 11 is 0. The third kappa shape index (κ3) is 4.15. The van der Waals surface area contributed by atoms with E-state index in [0.29, 0.717) is 11.8 Å². The van der Waals surface area contributed by atoms with E-state index in [0.717, 1.165) is 79.9 Å². The minimum absolute atomic E-state index is 0.0187. The molecule has 5 atom stereocenters. The standard InChI is InChI=1S/C28H36N4O2/c1-17-7-8-22(31-26(33)19-5-4-6-21(12-19)28(16-29)9-10-28)14-23(17)24-13-20-15-30-18(2)11-25(20)32(3)27(24)34/h11,13,15,17,19,21-23H,4-10,12,14H2,1-3H3,(H,31,33). The molecular formula is C28H36N4O2. The highest BCUT2D eigenvalue weighted by Crippen LogP contribution is 2.56. The van der Waals surface area contributed by atoms with Gasteiger partial charge in [0.2, 0.25) is 5.91 Å². The second kappa shape index (κ2) is 8.83. The first-order valence-corrected chi connectivity index (χ1v) is 13.0. The summed E-state index contributed by atoms with van der Waals surface area (Å²) in [5.74, 6) is 1.06. The molecule has 34 heavy (non-hydrogen) atoms. The van der Waals surface area contributed by atoms with Crippen LogP contribution in [0.4, 0.5) is 0 Å². The Labute approximate surface area is 201 Å². The highest BCUT2D eigenvalue weighted by Gasteiger charge is 2.51. The number of fused-ring (bicyclic) bond motifs is 1. The number of aromatic nitrogens is 2. The Morgan fingerprint density at radius 1 is 1.21 bits per heavy atom. The molecule has 2 aromatic heterocycles. The molecule has 0 bridgehead atoms. The van der Waals surface area contributed by atoms with Gasteiger partial charge in [0.1, 0.15) is 0 Å². The predicted molar refractivity (Wildman–Crippen MR) is 132 cm³/mol. The van der Waals surface area contributed by atoms with Crippen molar-refractivity contribution >= 4 is 16.8 Å². The van der Waals surface area contributed by atoms with Gasteiger partial charge in [-0.1, -0.05) is 13.3 Å². The second-order valence-electron chi connectivity index (χ2n) is 11.3. The quantitative estimate of drug-likeness (QED) is 0.714. The molecule has 0 spiro atoms. The van der Waals surface area contributed by atoms with E-state index in [4.69, 9.17) is 0 Å². The van der Waals surface area contributed by atoms with Crippen molar-refractivity contribution < 1.29 is 4.79 Å². The maximum atomic E-state index is 13.3. The maximum absolute atomic E-state index is 13.3. The van der Waals surface area contributed by atoms with E-state index in [1.54, 1.807) is 4.57 Å². The van der Waals surface area contributed by atoms with Crippen molar-refractivity contribution in [3.8, 4) is 6.07 Å². The zero-order valence-corrected chi connectivity index (χ0v) is 20.6. The van der Waals surface area contributed by atoms with Crippen molar-refractivity contribution in [3.05, 3.63) is 39.9 Å². The summed E-state index contributed by atoms with van der Waals surface area (Å²) in [6.07, 6.45) is 10.5. The first-order valence-electron chi connectivity index (χ1n) is 13.0. The number of nitrogens with zero attached hydrogens (tertiary/aromatic N) is 3. The van der Waals surface area contributed by atoms with Crippen LogP contribution in [0.1, 0.15) is 81.9 Å². The molecule has 0 aliphatic heterocycles. The van der Waals surface area contributed by atoms with Crippen LogP contribution in [0.3, 0.4) is 0 Å². The van der Waals surface area contributed by atoms with Crippen molar-refractivity contribution in [2.45, 2.75) is 83.6 Å². The lowest BCUT2D eigenvalue weighted by Crippen LogP contribution is -2.44. The topological polar surface area (TPSA) is 87.8 Å². The number of nitriles is 1. The Hall–Kier alpha value is -2.68. The third-order valence-electron chi connectivity index (χ3n) is 9.05. The summed E-state index contributed by atoms with van der Waals surface area (Å²) < 4.78 is 1.75. The first kappa shape index (κ1) is 23.1. The van der Waals surface area contributed by atoms with Crippen LogP contribution >= 0.6 is 0 Å². The molecule has 3 aliphatic carbocycles. The molecule has 0 saturated heterocycles. The number of pyridine rings is 2. The number of carbonyl (C=O) groups excluding carboxylic acids is 1. The van der Waals surface area contributed by atoms with Gasteiger partial charge in [0.15, 0.2) is 0 Å². The Balaban J connectivity index is 1.31. The van der Waals surface area contributed by atoms with E-state index < -0.39 is 0 Å². The van der Waals surface area contributed by atoms with Gasteiger partial charge in [-0.25, -0.2) is 0 Å². The molecule has 1 amide bonds. The number of amides is 1. The largest absolute Gasteiger partial charge is 0.353 e. The van der Waals surface area contributed by atoms with Gasteiger partial charge >= 0.3 is 0 Å². The van der Waals surface area contributed by atoms with Gasteiger partial charge in [-0.15, -0.1) is 0 Å². The van der Waals surface area contributed by atoms with Crippen LogP contribution in [-0.2, 0) is 11.8 Å². The fourth-order valence-electron chi connectivity index (χ4n) is 6.64. The first-order chi connectivity index (χ1) is 16.3. The van der Waals surface area contributed by atoms with Crippen molar-refractivity contribution in [1.82, 2.24) is 14.9 Å². The molecule has 2 aromatic rings. The van der Waals surface area contributed by atoms with E-state index >= 15 is 0 Å². The summed E-state index contributed by atoms with van der Waals surface area (Å²) in [6, 6.07) is 6.63. The molecule has 3 aliphatic rings. The molecule has 1 N–H and O–H groups in total. The van der Waals surface area contributed by atoms with Gasteiger partial charge in [-0.3, -0.25) is 14.6 Å². The van der Waals surface area contributed by atoms with Gasteiger partial charge in [0.05, 0.1) is 17.0 Å². The van der Waals surface area contributed by atoms with E-state index in [-0.39, 0.29) is 34.8 Å². The summed E-state index contributed by atoms with van der Waals surface area (Å²) in [4.78, 5) is 31.0. The molecule has 2 heterocycles. The van der Waals surface area contributed by atoms with Gasteiger partial charge in [0, 0.05) is 41.8 Å². The number of nitrogens with one attached hydrogen (secondary N) is 1. The highest BCUT2D eigenvalue weighted by atomic mass is 16.2. The average molecular weight is 461 g/mol. The molecule has 6 nitrogen and oxygen atoms in total. The SMILES string of the molecule is Cc1cc2c(cn1)cc(C1CC(NC(=O)C3CCCC(C4(C#N)CC4)C3)CCC1C)c(=O)n2C.